The number of carbonyl (C=O) groups is 1. The number of aromatic carboxylic acids is 1. The van der Waals surface area contributed by atoms with Gasteiger partial charge in [-0.15, -0.1) is 0 Å². The van der Waals surface area contributed by atoms with Crippen molar-refractivity contribution < 1.29 is 14.3 Å². The summed E-state index contributed by atoms with van der Waals surface area (Å²) in [5, 5.41) is 16.0. The number of halogens is 1. The molecule has 2 saturated heterocycles. The number of pyridine rings is 2. The Morgan fingerprint density at radius 1 is 1.44 bits per heavy atom. The summed E-state index contributed by atoms with van der Waals surface area (Å²) in [5.41, 5.74) is -0.895. The number of nitrogens with one attached hydrogen (secondary N) is 2. The fourth-order valence-corrected chi connectivity index (χ4v) is 4.11. The van der Waals surface area contributed by atoms with E-state index in [-0.39, 0.29) is 17.0 Å². The lowest BCUT2D eigenvalue weighted by atomic mass is 9.94. The van der Waals surface area contributed by atoms with Gasteiger partial charge in [0, 0.05) is 31.4 Å². The minimum absolute atomic E-state index is 0.0324. The lowest BCUT2D eigenvalue weighted by Gasteiger charge is -2.28. The molecule has 3 aliphatic rings. The van der Waals surface area contributed by atoms with Crippen LogP contribution in [-0.4, -0.2) is 39.8 Å². The van der Waals surface area contributed by atoms with Crippen LogP contribution < -0.4 is 16.1 Å². The molecular weight excluding hydrogens is 327 g/mol. The van der Waals surface area contributed by atoms with Crippen LogP contribution in [0.4, 0.5) is 4.39 Å². The summed E-state index contributed by atoms with van der Waals surface area (Å²) in [7, 11) is 0. The predicted octanol–water partition coefficient (Wildman–Crippen LogP) is 0.729. The molecule has 5 rings (SSSR count). The van der Waals surface area contributed by atoms with Crippen LogP contribution in [0.2, 0.25) is 0 Å². The van der Waals surface area contributed by atoms with Crippen molar-refractivity contribution in [2.75, 3.05) is 13.1 Å². The van der Waals surface area contributed by atoms with Crippen LogP contribution in [0.1, 0.15) is 41.4 Å². The molecule has 1 saturated carbocycles. The summed E-state index contributed by atoms with van der Waals surface area (Å²) < 4.78 is 16.6. The van der Waals surface area contributed by atoms with Gasteiger partial charge in [0.2, 0.25) is 5.43 Å². The van der Waals surface area contributed by atoms with E-state index in [2.05, 4.69) is 15.6 Å². The van der Waals surface area contributed by atoms with Crippen molar-refractivity contribution in [3.05, 3.63) is 39.6 Å². The number of nitrogens with zero attached hydrogens (tertiary/aromatic N) is 2. The van der Waals surface area contributed by atoms with E-state index in [4.69, 9.17) is 0 Å². The van der Waals surface area contributed by atoms with Gasteiger partial charge in [0.15, 0.2) is 0 Å². The third-order valence-electron chi connectivity index (χ3n) is 5.56. The quantitative estimate of drug-likeness (QED) is 0.760. The molecule has 130 valence electrons. The van der Waals surface area contributed by atoms with Gasteiger partial charge in [0.05, 0.1) is 16.6 Å². The SMILES string of the molecule is O=C(O)c1cn(C2CC2)c2nc(C34CNC(CN3)C4)c(F)cc2c1=O. The Morgan fingerprint density at radius 3 is 2.80 bits per heavy atom. The van der Waals surface area contributed by atoms with Crippen molar-refractivity contribution in [3.8, 4) is 0 Å². The van der Waals surface area contributed by atoms with E-state index in [0.717, 1.165) is 31.9 Å². The second-order valence-corrected chi connectivity index (χ2v) is 7.25. The number of hydrogen-bond donors (Lipinski definition) is 3. The van der Waals surface area contributed by atoms with Gasteiger partial charge >= 0.3 is 5.97 Å². The zero-order valence-electron chi connectivity index (χ0n) is 13.4. The minimum atomic E-state index is -1.30. The van der Waals surface area contributed by atoms with Gasteiger partial charge in [-0.05, 0) is 25.3 Å². The highest BCUT2D eigenvalue weighted by atomic mass is 19.1. The molecule has 0 radical (unpaired) electrons. The van der Waals surface area contributed by atoms with E-state index in [1.807, 2.05) is 0 Å². The Bertz CT molecular complexity index is 974. The normalized spacial score (nSPS) is 28.0. The smallest absolute Gasteiger partial charge is 0.341 e. The van der Waals surface area contributed by atoms with Crippen LogP contribution in [0.5, 0.6) is 0 Å². The molecule has 2 atom stereocenters. The molecule has 2 bridgehead atoms. The largest absolute Gasteiger partial charge is 0.477 e. The molecule has 2 unspecified atom stereocenters. The lowest BCUT2D eigenvalue weighted by Crippen LogP contribution is -2.48. The van der Waals surface area contributed by atoms with Gasteiger partial charge in [-0.3, -0.25) is 4.79 Å². The highest BCUT2D eigenvalue weighted by molar-refractivity contribution is 5.91. The molecule has 3 fully saturated rings. The second kappa shape index (κ2) is 4.86. The molecule has 4 heterocycles. The van der Waals surface area contributed by atoms with Crippen molar-refractivity contribution in [2.24, 2.45) is 0 Å². The predicted molar refractivity (Wildman–Crippen MR) is 87.3 cm³/mol. The number of carboxylic acid groups (broad SMARTS) is 1. The summed E-state index contributed by atoms with van der Waals surface area (Å²) in [6, 6.07) is 1.58. The van der Waals surface area contributed by atoms with Crippen molar-refractivity contribution in [2.45, 2.75) is 36.9 Å². The van der Waals surface area contributed by atoms with E-state index in [9.17, 15) is 19.1 Å². The first kappa shape index (κ1) is 15.0. The Kier molecular flexibility index (Phi) is 2.91. The molecule has 0 aromatic carbocycles. The Labute approximate surface area is 141 Å². The van der Waals surface area contributed by atoms with Crippen molar-refractivity contribution >= 4 is 17.0 Å². The van der Waals surface area contributed by atoms with Gasteiger partial charge in [0.25, 0.3) is 0 Å². The van der Waals surface area contributed by atoms with E-state index >= 15 is 0 Å². The molecule has 0 spiro atoms. The summed E-state index contributed by atoms with van der Waals surface area (Å²) >= 11 is 0. The molecule has 2 aliphatic heterocycles. The Morgan fingerprint density at radius 2 is 2.24 bits per heavy atom. The monoisotopic (exact) mass is 344 g/mol. The number of aromatic nitrogens is 2. The van der Waals surface area contributed by atoms with Gasteiger partial charge < -0.3 is 20.3 Å². The minimum Gasteiger partial charge on any atom is -0.477 e. The lowest BCUT2D eigenvalue weighted by molar-refractivity contribution is 0.0695. The highest BCUT2D eigenvalue weighted by Gasteiger charge is 2.48. The molecule has 3 N–H and O–H groups in total. The van der Waals surface area contributed by atoms with Crippen molar-refractivity contribution in [3.63, 3.8) is 0 Å². The number of hydrogen-bond acceptors (Lipinski definition) is 5. The first-order valence-corrected chi connectivity index (χ1v) is 8.46. The Hall–Kier alpha value is -2.32. The maximum atomic E-state index is 14.9. The fourth-order valence-electron chi connectivity index (χ4n) is 4.11. The summed E-state index contributed by atoms with van der Waals surface area (Å²) in [4.78, 5) is 28.4. The summed E-state index contributed by atoms with van der Waals surface area (Å²) in [6.45, 7) is 1.35. The number of carboxylic acids is 1. The van der Waals surface area contributed by atoms with Crippen LogP contribution in [0.25, 0.3) is 11.0 Å². The molecule has 8 heteroatoms. The zero-order chi connectivity index (χ0) is 17.3. The van der Waals surface area contributed by atoms with E-state index in [1.165, 1.54) is 6.20 Å². The molecule has 7 nitrogen and oxygen atoms in total. The van der Waals surface area contributed by atoms with Gasteiger partial charge in [-0.25, -0.2) is 14.2 Å². The van der Waals surface area contributed by atoms with Crippen molar-refractivity contribution in [1.29, 1.82) is 0 Å². The van der Waals surface area contributed by atoms with Gasteiger partial charge in [-0.1, -0.05) is 0 Å². The fraction of sp³-hybridized carbons (Fsp3) is 0.471. The second-order valence-electron chi connectivity index (χ2n) is 7.25. The summed E-state index contributed by atoms with van der Waals surface area (Å²) in [6.07, 6.45) is 3.91. The number of rotatable bonds is 3. The summed E-state index contributed by atoms with van der Waals surface area (Å²) in [5.74, 6) is -1.86. The van der Waals surface area contributed by atoms with Crippen LogP contribution in [0.3, 0.4) is 0 Å². The van der Waals surface area contributed by atoms with E-state index in [1.54, 1.807) is 4.57 Å². The highest BCUT2D eigenvalue weighted by Crippen LogP contribution is 2.39. The average molecular weight is 344 g/mol. The number of piperazine rings is 1. The van der Waals surface area contributed by atoms with Gasteiger partial charge in [0.1, 0.15) is 17.0 Å². The molecule has 2 aromatic heterocycles. The number of fused-ring (bicyclic) bond motifs is 3. The Balaban J connectivity index is 1.79. The maximum Gasteiger partial charge on any atom is 0.341 e. The third kappa shape index (κ3) is 2.07. The topological polar surface area (TPSA) is 96.2 Å². The van der Waals surface area contributed by atoms with E-state index < -0.39 is 22.8 Å². The van der Waals surface area contributed by atoms with Crippen LogP contribution in [-0.2, 0) is 5.54 Å². The standard InChI is InChI=1S/C17H17FN4O3/c18-12-3-10-13(23)11(16(24)25)6-22(9-1-2-9)15(10)21-14(12)17-4-8(5-20-17)19-7-17/h3,6,8-9,19-20H,1-2,4-5,7H2,(H,24,25). The zero-order valence-corrected chi connectivity index (χ0v) is 13.4. The van der Waals surface area contributed by atoms with E-state index in [0.29, 0.717) is 23.9 Å². The molecule has 0 amide bonds. The average Bonchev–Trinajstić information content (AvgIpc) is 3.23. The van der Waals surface area contributed by atoms with Crippen LogP contribution >= 0.6 is 0 Å². The molecule has 1 aliphatic carbocycles. The first-order chi connectivity index (χ1) is 12.0. The maximum absolute atomic E-state index is 14.9. The van der Waals surface area contributed by atoms with Crippen molar-refractivity contribution in [1.82, 2.24) is 20.2 Å². The van der Waals surface area contributed by atoms with Crippen LogP contribution in [0.15, 0.2) is 17.1 Å². The third-order valence-corrected chi connectivity index (χ3v) is 5.56. The molecule has 25 heavy (non-hydrogen) atoms. The molecular formula is C17H17FN4O3. The molecule has 2 aromatic rings. The first-order valence-electron chi connectivity index (χ1n) is 8.46. The van der Waals surface area contributed by atoms with Gasteiger partial charge in [-0.2, -0.15) is 0 Å². The van der Waals surface area contributed by atoms with Crippen LogP contribution in [0, 0.1) is 5.82 Å².